The molecule has 4 nitrogen and oxygen atoms in total. The molecule has 0 fully saturated rings. The Kier molecular flexibility index (Phi) is 6.37. The summed E-state index contributed by atoms with van der Waals surface area (Å²) in [6, 6.07) is 3.55. The molecule has 0 unspecified atom stereocenters. The van der Waals surface area contributed by atoms with Crippen molar-refractivity contribution in [3.05, 3.63) is 30.1 Å². The minimum absolute atomic E-state index is 0.418. The van der Waals surface area contributed by atoms with E-state index in [-0.39, 0.29) is 0 Å². The molecule has 1 atom stereocenters. The lowest BCUT2D eigenvalue weighted by atomic mass is 10.1. The molecule has 4 heteroatoms. The van der Waals surface area contributed by atoms with E-state index in [1.54, 1.807) is 12.5 Å². The lowest BCUT2D eigenvalue weighted by Gasteiger charge is -2.05. The summed E-state index contributed by atoms with van der Waals surface area (Å²) in [4.78, 5) is 14.2. The molecule has 3 N–H and O–H groups in total. The fourth-order valence-corrected chi connectivity index (χ4v) is 1.41. The predicted molar refractivity (Wildman–Crippen MR) is 63.5 cm³/mol. The van der Waals surface area contributed by atoms with Crippen LogP contribution in [0.4, 0.5) is 0 Å². The summed E-state index contributed by atoms with van der Waals surface area (Å²) < 4.78 is 0. The van der Waals surface area contributed by atoms with E-state index < -0.39 is 6.04 Å². The predicted octanol–water partition coefficient (Wildman–Crippen LogP) is 0.778. The van der Waals surface area contributed by atoms with Gasteiger partial charge in [0.1, 0.15) is 0 Å². The smallest absolute Gasteiger partial charge is 0.216 e. The zero-order valence-corrected chi connectivity index (χ0v) is 9.36. The second-order valence-corrected chi connectivity index (χ2v) is 3.76. The van der Waals surface area contributed by atoms with E-state index in [0.29, 0.717) is 0 Å². The topological polar surface area (TPSA) is 68.0 Å². The van der Waals surface area contributed by atoms with Crippen LogP contribution >= 0.6 is 0 Å². The summed E-state index contributed by atoms with van der Waals surface area (Å²) in [5.74, 6) is 0. The average Bonchev–Trinajstić information content (AvgIpc) is 2.34. The van der Waals surface area contributed by atoms with E-state index >= 15 is 0 Å². The van der Waals surface area contributed by atoms with Gasteiger partial charge in [-0.2, -0.15) is 0 Å². The van der Waals surface area contributed by atoms with Crippen LogP contribution in [-0.2, 0) is 11.3 Å². The van der Waals surface area contributed by atoms with Gasteiger partial charge in [0.25, 0.3) is 0 Å². The van der Waals surface area contributed by atoms with Crippen LogP contribution in [0.15, 0.2) is 24.5 Å². The number of nitrogens with two attached hydrogens (primary N) is 1. The third-order valence-electron chi connectivity index (χ3n) is 2.32. The summed E-state index contributed by atoms with van der Waals surface area (Å²) in [7, 11) is 0. The summed E-state index contributed by atoms with van der Waals surface area (Å²) in [5, 5.41) is 3.31. The van der Waals surface area contributed by atoms with Crippen molar-refractivity contribution in [1.82, 2.24) is 10.3 Å². The molecule has 1 aromatic rings. The van der Waals surface area contributed by atoms with Gasteiger partial charge >= 0.3 is 0 Å². The van der Waals surface area contributed by atoms with E-state index in [1.165, 1.54) is 5.56 Å². The Morgan fingerprint density at radius 2 is 2.38 bits per heavy atom. The molecule has 0 saturated carbocycles. The Morgan fingerprint density at radius 3 is 3.06 bits per heavy atom. The molecule has 87 valence electrons. The van der Waals surface area contributed by atoms with Crippen LogP contribution in [0.1, 0.15) is 24.8 Å². The maximum absolute atomic E-state index is 10.1. The van der Waals surface area contributed by atoms with Crippen LogP contribution in [0.2, 0.25) is 0 Å². The molecule has 0 saturated heterocycles. The maximum Gasteiger partial charge on any atom is 0.216 e. The van der Waals surface area contributed by atoms with E-state index in [2.05, 4.69) is 10.3 Å². The molecule has 0 aliphatic carbocycles. The van der Waals surface area contributed by atoms with Gasteiger partial charge < -0.3 is 11.1 Å². The molecule has 0 aliphatic rings. The highest BCUT2D eigenvalue weighted by atomic mass is 16.1. The van der Waals surface area contributed by atoms with Gasteiger partial charge in [-0.15, -0.1) is 0 Å². The molecule has 16 heavy (non-hydrogen) atoms. The SMILES string of the molecule is N[C@H]([C]=O)CCCCNCc1cccnc1. The number of carbonyl (C=O) groups excluding carboxylic acids is 1. The molecule has 1 radical (unpaired) electrons. The fraction of sp³-hybridized carbons (Fsp3) is 0.500. The number of aromatic nitrogens is 1. The van der Waals surface area contributed by atoms with Crippen molar-refractivity contribution in [2.45, 2.75) is 31.8 Å². The minimum Gasteiger partial charge on any atom is -0.321 e. The molecule has 0 amide bonds. The Bertz CT molecular complexity index is 290. The molecule has 0 bridgehead atoms. The van der Waals surface area contributed by atoms with Crippen LogP contribution < -0.4 is 11.1 Å². The first-order valence-corrected chi connectivity index (χ1v) is 5.56. The Labute approximate surface area is 96.3 Å². The first-order valence-electron chi connectivity index (χ1n) is 5.56. The molecular formula is C12H18N3O. The summed E-state index contributed by atoms with van der Waals surface area (Å²) >= 11 is 0. The van der Waals surface area contributed by atoms with Crippen molar-refractivity contribution in [2.24, 2.45) is 5.73 Å². The summed E-state index contributed by atoms with van der Waals surface area (Å²) in [6.45, 7) is 1.76. The molecule has 1 heterocycles. The van der Waals surface area contributed by atoms with Gasteiger partial charge in [0, 0.05) is 18.9 Å². The fourth-order valence-electron chi connectivity index (χ4n) is 1.41. The first kappa shape index (κ1) is 12.8. The molecule has 0 aromatic carbocycles. The van der Waals surface area contributed by atoms with Crippen LogP contribution in [0.5, 0.6) is 0 Å². The average molecular weight is 220 g/mol. The highest BCUT2D eigenvalue weighted by Gasteiger charge is 1.99. The largest absolute Gasteiger partial charge is 0.321 e. The van der Waals surface area contributed by atoms with E-state index in [4.69, 9.17) is 5.73 Å². The number of nitrogens with zero attached hydrogens (tertiary/aromatic N) is 1. The van der Waals surface area contributed by atoms with Crippen LogP contribution in [-0.4, -0.2) is 23.9 Å². The minimum atomic E-state index is -0.418. The van der Waals surface area contributed by atoms with Crippen molar-refractivity contribution in [1.29, 1.82) is 0 Å². The molecular weight excluding hydrogens is 202 g/mol. The van der Waals surface area contributed by atoms with E-state index in [9.17, 15) is 4.79 Å². The van der Waals surface area contributed by atoms with Crippen molar-refractivity contribution < 1.29 is 4.79 Å². The highest BCUT2D eigenvalue weighted by Crippen LogP contribution is 1.98. The molecule has 1 rings (SSSR count). The van der Waals surface area contributed by atoms with Crippen molar-refractivity contribution >= 4 is 6.29 Å². The number of unbranched alkanes of at least 4 members (excludes halogenated alkanes) is 1. The Morgan fingerprint density at radius 1 is 1.50 bits per heavy atom. The lowest BCUT2D eigenvalue weighted by molar-refractivity contribution is 0.524. The van der Waals surface area contributed by atoms with Gasteiger partial charge in [-0.1, -0.05) is 12.5 Å². The Balaban J connectivity index is 1.98. The third kappa shape index (κ3) is 5.58. The summed E-state index contributed by atoms with van der Waals surface area (Å²) in [6.07, 6.45) is 8.10. The molecule has 1 aromatic heterocycles. The maximum atomic E-state index is 10.1. The lowest BCUT2D eigenvalue weighted by Crippen LogP contribution is -2.21. The zero-order valence-electron chi connectivity index (χ0n) is 9.36. The van der Waals surface area contributed by atoms with Crippen LogP contribution in [0.3, 0.4) is 0 Å². The quantitative estimate of drug-likeness (QED) is 0.635. The van der Waals surface area contributed by atoms with Crippen LogP contribution in [0.25, 0.3) is 0 Å². The van der Waals surface area contributed by atoms with Crippen molar-refractivity contribution in [3.63, 3.8) is 0 Å². The van der Waals surface area contributed by atoms with Crippen LogP contribution in [0, 0.1) is 0 Å². The van der Waals surface area contributed by atoms with Crippen molar-refractivity contribution in [2.75, 3.05) is 6.54 Å². The van der Waals surface area contributed by atoms with Crippen molar-refractivity contribution in [3.8, 4) is 0 Å². The number of hydrogen-bond acceptors (Lipinski definition) is 4. The monoisotopic (exact) mass is 220 g/mol. The number of pyridine rings is 1. The van der Waals surface area contributed by atoms with Gasteiger partial charge in [0.05, 0.1) is 6.04 Å². The number of nitrogens with one attached hydrogen (secondary N) is 1. The summed E-state index contributed by atoms with van der Waals surface area (Å²) in [5.41, 5.74) is 6.61. The standard InChI is InChI=1S/C12H18N3O/c13-12(10-16)5-1-2-6-14-8-11-4-3-7-15-9-11/h3-4,7,9,12,14H,1-2,5-6,8,13H2/t12-/m0/s1. The second-order valence-electron chi connectivity index (χ2n) is 3.76. The molecule has 0 spiro atoms. The molecule has 0 aliphatic heterocycles. The first-order chi connectivity index (χ1) is 7.83. The zero-order chi connectivity index (χ0) is 11.6. The highest BCUT2D eigenvalue weighted by molar-refractivity contribution is 5.57. The number of hydrogen-bond donors (Lipinski definition) is 2. The van der Waals surface area contributed by atoms with Gasteiger partial charge in [-0.25, -0.2) is 0 Å². The number of rotatable bonds is 8. The van der Waals surface area contributed by atoms with Gasteiger partial charge in [-0.3, -0.25) is 9.78 Å². The van der Waals surface area contributed by atoms with E-state index in [0.717, 1.165) is 32.4 Å². The van der Waals surface area contributed by atoms with Gasteiger partial charge in [-0.05, 0) is 31.0 Å². The second kappa shape index (κ2) is 7.96. The van der Waals surface area contributed by atoms with Gasteiger partial charge in [0.2, 0.25) is 6.29 Å². The van der Waals surface area contributed by atoms with E-state index in [1.807, 2.05) is 18.3 Å². The third-order valence-corrected chi connectivity index (χ3v) is 2.32. The van der Waals surface area contributed by atoms with Gasteiger partial charge in [0.15, 0.2) is 0 Å². The Hall–Kier alpha value is -1.26. The normalized spacial score (nSPS) is 12.3.